The Balaban J connectivity index is 1.28. The Kier molecular flexibility index (Phi) is 10.9. The van der Waals surface area contributed by atoms with Crippen LogP contribution in [0.4, 0.5) is 0 Å². The van der Waals surface area contributed by atoms with Gasteiger partial charge in [0.1, 0.15) is 29.2 Å². The van der Waals surface area contributed by atoms with E-state index in [1.54, 1.807) is 25.3 Å². The minimum absolute atomic E-state index is 0.196. The lowest BCUT2D eigenvalue weighted by Crippen LogP contribution is -2.44. The van der Waals surface area contributed by atoms with Crippen LogP contribution in [0, 0.1) is 0 Å². The van der Waals surface area contributed by atoms with Gasteiger partial charge in [0.05, 0.1) is 19.4 Å². The van der Waals surface area contributed by atoms with Gasteiger partial charge in [0.2, 0.25) is 0 Å². The van der Waals surface area contributed by atoms with Crippen LogP contribution in [0.25, 0.3) is 0 Å². The maximum Gasteiger partial charge on any atom is 0.342 e. The second-order valence-electron chi connectivity index (χ2n) is 10.4. The number of benzene rings is 4. The van der Waals surface area contributed by atoms with Crippen LogP contribution in [-0.4, -0.2) is 47.9 Å². The van der Waals surface area contributed by atoms with Gasteiger partial charge in [-0.3, -0.25) is 10.00 Å². The van der Waals surface area contributed by atoms with E-state index in [0.29, 0.717) is 37.6 Å². The van der Waals surface area contributed by atoms with Crippen molar-refractivity contribution in [3.05, 3.63) is 149 Å². The Bertz CT molecular complexity index is 1540. The van der Waals surface area contributed by atoms with Crippen molar-refractivity contribution in [1.29, 1.82) is 0 Å². The number of aryl methyl sites for hydroxylation is 1. The number of hydrogen-bond acceptors (Lipinski definition) is 7. The van der Waals surface area contributed by atoms with E-state index in [1.807, 2.05) is 35.1 Å². The molecule has 0 spiro atoms. The van der Waals surface area contributed by atoms with Gasteiger partial charge in [-0.2, -0.15) is 0 Å². The van der Waals surface area contributed by atoms with Crippen molar-refractivity contribution >= 4 is 5.97 Å². The predicted molar refractivity (Wildman–Crippen MR) is 169 cm³/mol. The molecule has 226 valence electrons. The highest BCUT2D eigenvalue weighted by Gasteiger charge is 2.38. The summed E-state index contributed by atoms with van der Waals surface area (Å²) in [6, 6.07) is 38.3. The second-order valence-corrected chi connectivity index (χ2v) is 10.4. The SMILES string of the molecule is COCCOC(=O)c1ccccc1OCCCCn1cc(C(NCc2ccccc2)(c2ccccc2)c2ccccc2)nn1. The molecule has 0 saturated carbocycles. The average molecular weight is 591 g/mol. The molecule has 0 radical (unpaired) electrons. The van der Waals surface area contributed by atoms with Gasteiger partial charge in [-0.25, -0.2) is 4.79 Å². The number of aromatic nitrogens is 3. The van der Waals surface area contributed by atoms with Crippen LogP contribution in [0.3, 0.4) is 0 Å². The molecule has 0 unspecified atom stereocenters. The van der Waals surface area contributed by atoms with Crippen LogP contribution < -0.4 is 10.1 Å². The lowest BCUT2D eigenvalue weighted by atomic mass is 9.80. The number of nitrogens with zero attached hydrogens (tertiary/aromatic N) is 3. The molecule has 8 heteroatoms. The third kappa shape index (κ3) is 7.58. The summed E-state index contributed by atoms with van der Waals surface area (Å²) >= 11 is 0. The van der Waals surface area contributed by atoms with Gasteiger partial charge >= 0.3 is 5.97 Å². The molecule has 8 nitrogen and oxygen atoms in total. The van der Waals surface area contributed by atoms with Gasteiger partial charge < -0.3 is 14.2 Å². The number of hydrogen-bond donors (Lipinski definition) is 1. The van der Waals surface area contributed by atoms with Crippen molar-refractivity contribution in [2.45, 2.75) is 31.5 Å². The summed E-state index contributed by atoms with van der Waals surface area (Å²) in [6.45, 7) is 2.33. The minimum Gasteiger partial charge on any atom is -0.493 e. The van der Waals surface area contributed by atoms with E-state index >= 15 is 0 Å². The Labute approximate surface area is 258 Å². The number of para-hydroxylation sites is 1. The number of nitrogens with one attached hydrogen (secondary N) is 1. The zero-order chi connectivity index (χ0) is 30.5. The molecule has 5 rings (SSSR count). The monoisotopic (exact) mass is 590 g/mol. The number of methoxy groups -OCH3 is 1. The van der Waals surface area contributed by atoms with Crippen molar-refractivity contribution in [3.8, 4) is 5.75 Å². The van der Waals surface area contributed by atoms with E-state index in [0.717, 1.165) is 29.7 Å². The van der Waals surface area contributed by atoms with Crippen LogP contribution in [0.2, 0.25) is 0 Å². The van der Waals surface area contributed by atoms with Crippen molar-refractivity contribution < 1.29 is 19.0 Å². The van der Waals surface area contributed by atoms with Crippen LogP contribution >= 0.6 is 0 Å². The summed E-state index contributed by atoms with van der Waals surface area (Å²) in [5, 5.41) is 13.1. The first-order valence-electron chi connectivity index (χ1n) is 14.9. The van der Waals surface area contributed by atoms with Crippen LogP contribution in [0.5, 0.6) is 5.75 Å². The van der Waals surface area contributed by atoms with Crippen LogP contribution in [0.1, 0.15) is 45.6 Å². The van der Waals surface area contributed by atoms with E-state index in [-0.39, 0.29) is 6.61 Å². The minimum atomic E-state index is -0.707. The van der Waals surface area contributed by atoms with Gasteiger partial charge in [-0.15, -0.1) is 5.10 Å². The molecule has 1 N–H and O–H groups in total. The topological polar surface area (TPSA) is 87.5 Å². The zero-order valence-corrected chi connectivity index (χ0v) is 25.0. The van der Waals surface area contributed by atoms with Crippen molar-refractivity contribution in [3.63, 3.8) is 0 Å². The van der Waals surface area contributed by atoms with E-state index in [9.17, 15) is 4.79 Å². The van der Waals surface area contributed by atoms with Gasteiger partial charge in [0.15, 0.2) is 0 Å². The lowest BCUT2D eigenvalue weighted by molar-refractivity contribution is 0.0384. The summed E-state index contributed by atoms with van der Waals surface area (Å²) in [6.07, 6.45) is 3.63. The highest BCUT2D eigenvalue weighted by atomic mass is 16.6. The lowest BCUT2D eigenvalue weighted by Gasteiger charge is -2.34. The number of carbonyl (C=O) groups is 1. The summed E-state index contributed by atoms with van der Waals surface area (Å²) in [4.78, 5) is 12.4. The van der Waals surface area contributed by atoms with E-state index in [4.69, 9.17) is 19.3 Å². The van der Waals surface area contributed by atoms with Crippen LogP contribution in [0.15, 0.2) is 121 Å². The molecular formula is C36H38N4O4. The average Bonchev–Trinajstić information content (AvgIpc) is 3.56. The first-order valence-corrected chi connectivity index (χ1v) is 14.9. The van der Waals surface area contributed by atoms with Crippen LogP contribution in [-0.2, 0) is 28.1 Å². The van der Waals surface area contributed by atoms with E-state index < -0.39 is 11.5 Å². The number of carbonyl (C=O) groups excluding carboxylic acids is 1. The zero-order valence-electron chi connectivity index (χ0n) is 25.0. The highest BCUT2D eigenvalue weighted by molar-refractivity contribution is 5.92. The molecule has 5 aromatic rings. The molecule has 0 aliphatic carbocycles. The summed E-state index contributed by atoms with van der Waals surface area (Å²) < 4.78 is 18.1. The third-order valence-corrected chi connectivity index (χ3v) is 7.40. The summed E-state index contributed by atoms with van der Waals surface area (Å²) in [5.74, 6) is 0.0898. The molecule has 0 aliphatic heterocycles. The smallest absolute Gasteiger partial charge is 0.342 e. The molecule has 0 atom stereocenters. The number of ether oxygens (including phenoxy) is 3. The van der Waals surface area contributed by atoms with Crippen molar-refractivity contribution in [2.75, 3.05) is 26.9 Å². The Morgan fingerprint density at radius 1 is 0.773 bits per heavy atom. The van der Waals surface area contributed by atoms with Gasteiger partial charge in [0, 0.05) is 20.2 Å². The third-order valence-electron chi connectivity index (χ3n) is 7.40. The standard InChI is InChI=1S/C36H38N4O4/c1-42-25-26-44-35(41)32-21-11-12-22-33(32)43-24-14-13-23-40-28-34(38-39-40)36(30-17-7-3-8-18-30,31-19-9-4-10-20-31)37-27-29-15-5-2-6-16-29/h2-12,15-22,28,37H,13-14,23-27H2,1H3. The quantitative estimate of drug-likeness (QED) is 0.111. The Morgan fingerprint density at radius 2 is 1.41 bits per heavy atom. The number of esters is 1. The largest absolute Gasteiger partial charge is 0.493 e. The van der Waals surface area contributed by atoms with Gasteiger partial charge in [-0.1, -0.05) is 108 Å². The molecule has 0 aliphatic rings. The molecule has 4 aromatic carbocycles. The molecule has 1 aromatic heterocycles. The molecule has 44 heavy (non-hydrogen) atoms. The summed E-state index contributed by atoms with van der Waals surface area (Å²) in [5.41, 5.74) is 3.87. The van der Waals surface area contributed by atoms with Gasteiger partial charge in [0.25, 0.3) is 0 Å². The normalized spacial score (nSPS) is 11.3. The van der Waals surface area contributed by atoms with Crippen molar-refractivity contribution in [1.82, 2.24) is 20.3 Å². The first-order chi connectivity index (χ1) is 21.7. The number of unbranched alkanes of at least 4 members (excludes halogenated alkanes) is 1. The molecule has 0 bridgehead atoms. The van der Waals surface area contributed by atoms with Crippen molar-refractivity contribution in [2.24, 2.45) is 0 Å². The maximum absolute atomic E-state index is 12.4. The Hall–Kier alpha value is -4.79. The highest BCUT2D eigenvalue weighted by Crippen LogP contribution is 2.36. The Morgan fingerprint density at radius 3 is 2.09 bits per heavy atom. The fraction of sp³-hybridized carbons (Fsp3) is 0.250. The fourth-order valence-electron chi connectivity index (χ4n) is 5.16. The predicted octanol–water partition coefficient (Wildman–Crippen LogP) is 6.02. The molecule has 0 amide bonds. The summed E-state index contributed by atoms with van der Waals surface area (Å²) in [7, 11) is 1.57. The second kappa shape index (κ2) is 15.6. The molecular weight excluding hydrogens is 552 g/mol. The van der Waals surface area contributed by atoms with Gasteiger partial charge in [-0.05, 0) is 41.7 Å². The number of rotatable bonds is 16. The van der Waals surface area contributed by atoms with E-state index in [1.165, 1.54) is 5.56 Å². The molecule has 0 saturated heterocycles. The fourth-order valence-corrected chi connectivity index (χ4v) is 5.16. The molecule has 0 fully saturated rings. The van der Waals surface area contributed by atoms with E-state index in [2.05, 4.69) is 83.3 Å². The first kappa shape index (κ1) is 30.7. The maximum atomic E-state index is 12.4. The molecule has 1 heterocycles.